The van der Waals surface area contributed by atoms with Crippen molar-refractivity contribution < 1.29 is 4.52 Å². The summed E-state index contributed by atoms with van der Waals surface area (Å²) in [6.07, 6.45) is 6.49. The average molecular weight is 257 g/mol. The lowest BCUT2D eigenvalue weighted by Gasteiger charge is -2.31. The van der Waals surface area contributed by atoms with Crippen LogP contribution >= 0.6 is 0 Å². The maximum absolute atomic E-state index is 6.41. The molecular formula is C15H19N3O. The van der Waals surface area contributed by atoms with Crippen molar-refractivity contribution in [2.45, 2.75) is 44.1 Å². The minimum atomic E-state index is -0.154. The van der Waals surface area contributed by atoms with Crippen molar-refractivity contribution in [1.29, 1.82) is 0 Å². The fraction of sp³-hybridized carbons (Fsp3) is 0.467. The SMILES string of the molecule is NC1(Cc2nc(-c3ccccc3)no2)CCCCC1. The number of benzene rings is 1. The van der Waals surface area contributed by atoms with Crippen molar-refractivity contribution in [3.63, 3.8) is 0 Å². The van der Waals surface area contributed by atoms with Crippen LogP contribution in [-0.4, -0.2) is 15.7 Å². The lowest BCUT2D eigenvalue weighted by Crippen LogP contribution is -2.43. The smallest absolute Gasteiger partial charge is 0.228 e. The van der Waals surface area contributed by atoms with Crippen LogP contribution in [0.15, 0.2) is 34.9 Å². The minimum Gasteiger partial charge on any atom is -0.339 e. The summed E-state index contributed by atoms with van der Waals surface area (Å²) in [5, 5.41) is 4.04. The molecule has 4 heteroatoms. The molecule has 0 spiro atoms. The van der Waals surface area contributed by atoms with Crippen LogP contribution in [0.25, 0.3) is 11.4 Å². The van der Waals surface area contributed by atoms with Crippen molar-refractivity contribution in [1.82, 2.24) is 10.1 Å². The van der Waals surface area contributed by atoms with Crippen LogP contribution in [-0.2, 0) is 6.42 Å². The summed E-state index contributed by atoms with van der Waals surface area (Å²) in [6.45, 7) is 0. The van der Waals surface area contributed by atoms with Gasteiger partial charge in [0.15, 0.2) is 0 Å². The highest BCUT2D eigenvalue weighted by molar-refractivity contribution is 5.53. The maximum atomic E-state index is 6.41. The van der Waals surface area contributed by atoms with E-state index in [0.717, 1.165) is 18.4 Å². The zero-order valence-corrected chi connectivity index (χ0v) is 11.0. The molecule has 1 fully saturated rings. The third-order valence-electron chi connectivity index (χ3n) is 3.85. The van der Waals surface area contributed by atoms with Crippen LogP contribution in [0, 0.1) is 0 Å². The Hall–Kier alpha value is -1.68. The first-order valence-corrected chi connectivity index (χ1v) is 6.92. The van der Waals surface area contributed by atoms with Gasteiger partial charge >= 0.3 is 0 Å². The van der Waals surface area contributed by atoms with Crippen LogP contribution in [0.1, 0.15) is 38.0 Å². The summed E-state index contributed by atoms with van der Waals surface area (Å²) < 4.78 is 5.35. The van der Waals surface area contributed by atoms with E-state index in [9.17, 15) is 0 Å². The third-order valence-corrected chi connectivity index (χ3v) is 3.85. The summed E-state index contributed by atoms with van der Waals surface area (Å²) in [5.74, 6) is 1.30. The standard InChI is InChI=1S/C15H19N3O/c16-15(9-5-2-6-10-15)11-13-17-14(18-19-13)12-7-3-1-4-8-12/h1,3-4,7-8H,2,5-6,9-11,16H2. The second-order valence-electron chi connectivity index (χ2n) is 5.48. The van der Waals surface area contributed by atoms with Gasteiger partial charge in [0.1, 0.15) is 0 Å². The van der Waals surface area contributed by atoms with Crippen molar-refractivity contribution in [2.24, 2.45) is 5.73 Å². The van der Waals surface area contributed by atoms with Crippen molar-refractivity contribution in [2.75, 3.05) is 0 Å². The lowest BCUT2D eigenvalue weighted by molar-refractivity contribution is 0.261. The van der Waals surface area contributed by atoms with E-state index < -0.39 is 0 Å². The molecule has 1 heterocycles. The number of hydrogen-bond acceptors (Lipinski definition) is 4. The van der Waals surface area contributed by atoms with E-state index in [4.69, 9.17) is 10.3 Å². The molecule has 1 aromatic heterocycles. The van der Waals surface area contributed by atoms with Gasteiger partial charge < -0.3 is 10.3 Å². The van der Waals surface area contributed by atoms with Crippen molar-refractivity contribution >= 4 is 0 Å². The first kappa shape index (κ1) is 12.4. The zero-order chi connectivity index (χ0) is 13.1. The normalized spacial score (nSPS) is 18.4. The molecule has 0 atom stereocenters. The molecule has 3 rings (SSSR count). The molecule has 1 aliphatic rings. The second-order valence-corrected chi connectivity index (χ2v) is 5.48. The molecule has 1 aromatic carbocycles. The highest BCUT2D eigenvalue weighted by Gasteiger charge is 2.30. The van der Waals surface area contributed by atoms with Gasteiger partial charge in [-0.25, -0.2) is 0 Å². The van der Waals surface area contributed by atoms with E-state index in [0.29, 0.717) is 18.1 Å². The first-order valence-electron chi connectivity index (χ1n) is 6.92. The average Bonchev–Trinajstić information content (AvgIpc) is 2.88. The second kappa shape index (κ2) is 5.13. The molecule has 100 valence electrons. The zero-order valence-electron chi connectivity index (χ0n) is 11.0. The molecule has 2 aromatic rings. The van der Waals surface area contributed by atoms with Crippen LogP contribution in [0.3, 0.4) is 0 Å². The third kappa shape index (κ3) is 2.84. The monoisotopic (exact) mass is 257 g/mol. The Balaban J connectivity index is 1.75. The Kier molecular flexibility index (Phi) is 3.34. The van der Waals surface area contributed by atoms with Crippen LogP contribution in [0.5, 0.6) is 0 Å². The van der Waals surface area contributed by atoms with Gasteiger partial charge in [-0.15, -0.1) is 0 Å². The van der Waals surface area contributed by atoms with E-state index in [1.54, 1.807) is 0 Å². The quantitative estimate of drug-likeness (QED) is 0.918. The lowest BCUT2D eigenvalue weighted by atomic mass is 9.80. The molecule has 0 bridgehead atoms. The highest BCUT2D eigenvalue weighted by atomic mass is 16.5. The summed E-state index contributed by atoms with van der Waals surface area (Å²) in [6, 6.07) is 9.87. The number of rotatable bonds is 3. The molecule has 19 heavy (non-hydrogen) atoms. The molecule has 0 radical (unpaired) electrons. The van der Waals surface area contributed by atoms with Crippen LogP contribution < -0.4 is 5.73 Å². The van der Waals surface area contributed by atoms with Gasteiger partial charge in [0, 0.05) is 17.5 Å². The fourth-order valence-electron chi connectivity index (χ4n) is 2.76. The summed E-state index contributed by atoms with van der Waals surface area (Å²) in [4.78, 5) is 4.46. The first-order chi connectivity index (χ1) is 9.25. The number of aromatic nitrogens is 2. The Morgan fingerprint density at radius 2 is 1.84 bits per heavy atom. The van der Waals surface area contributed by atoms with Gasteiger partial charge in [-0.05, 0) is 12.8 Å². The van der Waals surface area contributed by atoms with E-state index in [1.165, 1.54) is 19.3 Å². The van der Waals surface area contributed by atoms with Gasteiger partial charge in [-0.1, -0.05) is 54.8 Å². The van der Waals surface area contributed by atoms with Crippen molar-refractivity contribution in [3.05, 3.63) is 36.2 Å². The topological polar surface area (TPSA) is 64.9 Å². The summed E-state index contributed by atoms with van der Waals surface area (Å²) >= 11 is 0. The predicted octanol–water partition coefficient (Wildman–Crippen LogP) is 2.94. The van der Waals surface area contributed by atoms with Crippen molar-refractivity contribution in [3.8, 4) is 11.4 Å². The number of nitrogens with two attached hydrogens (primary N) is 1. The van der Waals surface area contributed by atoms with Gasteiger partial charge in [0.2, 0.25) is 11.7 Å². The van der Waals surface area contributed by atoms with E-state index in [1.807, 2.05) is 30.3 Å². The van der Waals surface area contributed by atoms with Crippen LogP contribution in [0.2, 0.25) is 0 Å². The van der Waals surface area contributed by atoms with E-state index in [2.05, 4.69) is 10.1 Å². The molecule has 1 saturated carbocycles. The Morgan fingerprint density at radius 1 is 1.11 bits per heavy atom. The molecule has 0 aliphatic heterocycles. The van der Waals surface area contributed by atoms with E-state index >= 15 is 0 Å². The predicted molar refractivity (Wildman–Crippen MR) is 73.4 cm³/mol. The summed E-state index contributed by atoms with van der Waals surface area (Å²) in [5.41, 5.74) is 7.24. The van der Waals surface area contributed by atoms with Crippen LogP contribution in [0.4, 0.5) is 0 Å². The fourth-order valence-corrected chi connectivity index (χ4v) is 2.76. The number of hydrogen-bond donors (Lipinski definition) is 1. The van der Waals surface area contributed by atoms with Gasteiger partial charge in [-0.3, -0.25) is 0 Å². The molecular weight excluding hydrogens is 238 g/mol. The molecule has 4 nitrogen and oxygen atoms in total. The summed E-state index contributed by atoms with van der Waals surface area (Å²) in [7, 11) is 0. The molecule has 1 aliphatic carbocycles. The Labute approximate surface area is 113 Å². The molecule has 0 unspecified atom stereocenters. The van der Waals surface area contributed by atoms with E-state index in [-0.39, 0.29) is 5.54 Å². The molecule has 2 N–H and O–H groups in total. The Morgan fingerprint density at radius 3 is 2.58 bits per heavy atom. The van der Waals surface area contributed by atoms with Gasteiger partial charge in [0.05, 0.1) is 0 Å². The van der Waals surface area contributed by atoms with Gasteiger partial charge in [0.25, 0.3) is 0 Å². The molecule has 0 saturated heterocycles. The molecule has 0 amide bonds. The van der Waals surface area contributed by atoms with Gasteiger partial charge in [-0.2, -0.15) is 4.98 Å². The Bertz CT molecular complexity index is 529. The largest absolute Gasteiger partial charge is 0.339 e. The highest BCUT2D eigenvalue weighted by Crippen LogP contribution is 2.29. The minimum absolute atomic E-state index is 0.154. The maximum Gasteiger partial charge on any atom is 0.228 e. The number of nitrogens with zero attached hydrogens (tertiary/aromatic N) is 2.